The standard InChI is InChI=1S/C20H17ClN2O5/c21-16-10-13(11-17-19(16)27-9-8-26-17)4-5-18(24)22-14-2-1-3-15(12-14)23-6-7-28-20(23)25/h1-5,10-12H,6-9H2,(H,22,24)/b5-4+. The van der Waals surface area contributed by atoms with Gasteiger partial charge in [-0.05, 0) is 42.0 Å². The van der Waals surface area contributed by atoms with Gasteiger partial charge in [-0.2, -0.15) is 0 Å². The Bertz CT molecular complexity index is 960. The molecule has 0 radical (unpaired) electrons. The molecule has 2 heterocycles. The van der Waals surface area contributed by atoms with Crippen LogP contribution in [0.4, 0.5) is 16.2 Å². The summed E-state index contributed by atoms with van der Waals surface area (Å²) in [6, 6.07) is 10.5. The number of benzene rings is 2. The highest BCUT2D eigenvalue weighted by Crippen LogP contribution is 2.38. The van der Waals surface area contributed by atoms with E-state index in [2.05, 4.69) is 5.32 Å². The first-order valence-electron chi connectivity index (χ1n) is 8.73. The molecule has 7 nitrogen and oxygen atoms in total. The minimum absolute atomic E-state index is 0.313. The first-order chi connectivity index (χ1) is 13.6. The Labute approximate surface area is 166 Å². The van der Waals surface area contributed by atoms with E-state index in [1.165, 1.54) is 11.0 Å². The molecule has 1 fully saturated rings. The number of amides is 2. The van der Waals surface area contributed by atoms with Crippen molar-refractivity contribution in [1.29, 1.82) is 0 Å². The molecular formula is C20H17ClN2O5. The number of nitrogens with one attached hydrogen (secondary N) is 1. The van der Waals surface area contributed by atoms with Gasteiger partial charge in [0.25, 0.3) is 0 Å². The average molecular weight is 401 g/mol. The highest BCUT2D eigenvalue weighted by molar-refractivity contribution is 6.32. The van der Waals surface area contributed by atoms with Crippen LogP contribution in [0.15, 0.2) is 42.5 Å². The van der Waals surface area contributed by atoms with Gasteiger partial charge in [0, 0.05) is 17.5 Å². The van der Waals surface area contributed by atoms with Gasteiger partial charge in [0.05, 0.1) is 11.6 Å². The van der Waals surface area contributed by atoms with Crippen LogP contribution >= 0.6 is 11.6 Å². The molecule has 1 N–H and O–H groups in total. The predicted molar refractivity (Wildman–Crippen MR) is 105 cm³/mol. The molecule has 0 bridgehead atoms. The normalized spacial score (nSPS) is 15.6. The Morgan fingerprint density at radius 1 is 1.11 bits per heavy atom. The van der Waals surface area contributed by atoms with Gasteiger partial charge in [0.15, 0.2) is 11.5 Å². The van der Waals surface area contributed by atoms with Crippen molar-refractivity contribution in [1.82, 2.24) is 0 Å². The second-order valence-corrected chi connectivity index (χ2v) is 6.57. The summed E-state index contributed by atoms with van der Waals surface area (Å²) in [7, 11) is 0. The molecule has 4 rings (SSSR count). The predicted octanol–water partition coefficient (Wildman–Crippen LogP) is 3.72. The number of carbonyl (C=O) groups excluding carboxylic acids is 2. The lowest BCUT2D eigenvalue weighted by Gasteiger charge is -2.19. The molecule has 2 aliphatic heterocycles. The fourth-order valence-electron chi connectivity index (χ4n) is 2.96. The quantitative estimate of drug-likeness (QED) is 0.791. The molecule has 0 aliphatic carbocycles. The third kappa shape index (κ3) is 3.89. The van der Waals surface area contributed by atoms with Crippen LogP contribution < -0.4 is 19.7 Å². The van der Waals surface area contributed by atoms with Crippen LogP contribution in [0, 0.1) is 0 Å². The Morgan fingerprint density at radius 3 is 2.79 bits per heavy atom. The van der Waals surface area contributed by atoms with E-state index in [0.717, 1.165) is 5.56 Å². The highest BCUT2D eigenvalue weighted by Gasteiger charge is 2.23. The first kappa shape index (κ1) is 18.2. The number of nitrogens with zero attached hydrogens (tertiary/aromatic N) is 1. The Balaban J connectivity index is 1.45. The minimum atomic E-state index is -0.390. The first-order valence-corrected chi connectivity index (χ1v) is 9.10. The number of hydrogen-bond donors (Lipinski definition) is 1. The summed E-state index contributed by atoms with van der Waals surface area (Å²) in [5.41, 5.74) is 1.97. The topological polar surface area (TPSA) is 77.1 Å². The summed E-state index contributed by atoms with van der Waals surface area (Å²) in [6.07, 6.45) is 2.65. The van der Waals surface area contributed by atoms with E-state index in [9.17, 15) is 9.59 Å². The van der Waals surface area contributed by atoms with Crippen LogP contribution in [0.25, 0.3) is 6.08 Å². The number of hydrogen-bond acceptors (Lipinski definition) is 5. The second kappa shape index (κ2) is 7.82. The largest absolute Gasteiger partial charge is 0.486 e. The van der Waals surface area contributed by atoms with Crippen molar-refractivity contribution in [2.24, 2.45) is 0 Å². The number of anilines is 2. The van der Waals surface area contributed by atoms with Crippen LogP contribution in [0.3, 0.4) is 0 Å². The third-order valence-electron chi connectivity index (χ3n) is 4.23. The molecule has 0 aromatic heterocycles. The van der Waals surface area contributed by atoms with E-state index in [1.54, 1.807) is 42.5 Å². The van der Waals surface area contributed by atoms with Gasteiger partial charge in [0.2, 0.25) is 5.91 Å². The molecule has 2 aliphatic rings. The Kier molecular flexibility index (Phi) is 5.08. The molecule has 0 spiro atoms. The molecule has 2 amide bonds. The maximum atomic E-state index is 12.3. The molecular weight excluding hydrogens is 384 g/mol. The van der Waals surface area contributed by atoms with Crippen molar-refractivity contribution in [2.45, 2.75) is 0 Å². The zero-order valence-corrected chi connectivity index (χ0v) is 15.6. The Hall–Kier alpha value is -3.19. The summed E-state index contributed by atoms with van der Waals surface area (Å²) in [5, 5.41) is 3.21. The molecule has 0 atom stereocenters. The molecule has 0 saturated carbocycles. The molecule has 0 unspecified atom stereocenters. The summed E-state index contributed by atoms with van der Waals surface area (Å²) in [6.45, 7) is 1.76. The number of carbonyl (C=O) groups is 2. The van der Waals surface area contributed by atoms with Gasteiger partial charge < -0.3 is 19.5 Å². The van der Waals surface area contributed by atoms with Crippen molar-refractivity contribution in [3.8, 4) is 11.5 Å². The van der Waals surface area contributed by atoms with Gasteiger partial charge in [0.1, 0.15) is 19.8 Å². The zero-order chi connectivity index (χ0) is 19.5. The summed E-state index contributed by atoms with van der Waals surface area (Å²) < 4.78 is 15.9. The van der Waals surface area contributed by atoms with Crippen LogP contribution in [0.2, 0.25) is 5.02 Å². The molecule has 2 aromatic rings. The number of halogens is 1. The SMILES string of the molecule is O=C(/C=C/c1cc(Cl)c2c(c1)OCCO2)Nc1cccc(N2CCOC2=O)c1. The maximum Gasteiger partial charge on any atom is 0.414 e. The minimum Gasteiger partial charge on any atom is -0.486 e. The lowest BCUT2D eigenvalue weighted by atomic mass is 10.1. The molecule has 144 valence electrons. The number of fused-ring (bicyclic) bond motifs is 1. The molecule has 28 heavy (non-hydrogen) atoms. The maximum absolute atomic E-state index is 12.3. The number of rotatable bonds is 4. The van der Waals surface area contributed by atoms with Crippen molar-refractivity contribution < 1.29 is 23.8 Å². The number of cyclic esters (lactones) is 1. The smallest absolute Gasteiger partial charge is 0.414 e. The van der Waals surface area contributed by atoms with Crippen molar-refractivity contribution in [2.75, 3.05) is 36.6 Å². The summed E-state index contributed by atoms with van der Waals surface area (Å²) in [4.78, 5) is 25.5. The molecule has 8 heteroatoms. The monoisotopic (exact) mass is 400 g/mol. The summed E-state index contributed by atoms with van der Waals surface area (Å²) >= 11 is 6.20. The second-order valence-electron chi connectivity index (χ2n) is 6.17. The fraction of sp³-hybridized carbons (Fsp3) is 0.200. The molecule has 2 aromatic carbocycles. The van der Waals surface area contributed by atoms with Crippen LogP contribution in [0.1, 0.15) is 5.56 Å². The van der Waals surface area contributed by atoms with E-state index in [0.29, 0.717) is 54.3 Å². The van der Waals surface area contributed by atoms with Crippen molar-refractivity contribution >= 4 is 41.1 Å². The van der Waals surface area contributed by atoms with Crippen molar-refractivity contribution in [3.05, 3.63) is 53.1 Å². The Morgan fingerprint density at radius 2 is 1.96 bits per heavy atom. The van der Waals surface area contributed by atoms with Gasteiger partial charge >= 0.3 is 6.09 Å². The van der Waals surface area contributed by atoms with E-state index < -0.39 is 0 Å². The van der Waals surface area contributed by atoms with Crippen LogP contribution in [-0.2, 0) is 9.53 Å². The lowest BCUT2D eigenvalue weighted by molar-refractivity contribution is -0.111. The van der Waals surface area contributed by atoms with E-state index in [-0.39, 0.29) is 12.0 Å². The fourth-order valence-corrected chi connectivity index (χ4v) is 3.24. The van der Waals surface area contributed by atoms with Crippen LogP contribution in [0.5, 0.6) is 11.5 Å². The van der Waals surface area contributed by atoms with E-state index in [4.69, 9.17) is 25.8 Å². The van der Waals surface area contributed by atoms with Gasteiger partial charge in [-0.15, -0.1) is 0 Å². The number of ether oxygens (including phenoxy) is 3. The van der Waals surface area contributed by atoms with E-state index >= 15 is 0 Å². The van der Waals surface area contributed by atoms with Gasteiger partial charge in [-0.25, -0.2) is 4.79 Å². The highest BCUT2D eigenvalue weighted by atomic mass is 35.5. The zero-order valence-electron chi connectivity index (χ0n) is 14.8. The lowest BCUT2D eigenvalue weighted by Crippen LogP contribution is -2.23. The van der Waals surface area contributed by atoms with Crippen LogP contribution in [-0.4, -0.2) is 38.4 Å². The average Bonchev–Trinajstić information content (AvgIpc) is 3.13. The molecule has 1 saturated heterocycles. The third-order valence-corrected chi connectivity index (χ3v) is 4.51. The van der Waals surface area contributed by atoms with E-state index in [1.807, 2.05) is 0 Å². The summed E-state index contributed by atoms with van der Waals surface area (Å²) in [5.74, 6) is 0.767. The van der Waals surface area contributed by atoms with Gasteiger partial charge in [-0.3, -0.25) is 9.69 Å². The van der Waals surface area contributed by atoms with Crippen molar-refractivity contribution in [3.63, 3.8) is 0 Å². The van der Waals surface area contributed by atoms with Gasteiger partial charge in [-0.1, -0.05) is 17.7 Å².